The summed E-state index contributed by atoms with van der Waals surface area (Å²) in [5, 5.41) is 9.48. The number of aromatic hydroxyl groups is 1. The van der Waals surface area contributed by atoms with E-state index in [1.807, 2.05) is 12.1 Å². The van der Waals surface area contributed by atoms with Gasteiger partial charge in [0.05, 0.1) is 0 Å². The lowest BCUT2D eigenvalue weighted by Crippen LogP contribution is -2.23. The van der Waals surface area contributed by atoms with Crippen LogP contribution in [0.1, 0.15) is 49.1 Å². The van der Waals surface area contributed by atoms with Crippen molar-refractivity contribution < 1.29 is 5.11 Å². The summed E-state index contributed by atoms with van der Waals surface area (Å²) < 4.78 is 0. The topological polar surface area (TPSA) is 20.2 Å². The lowest BCUT2D eigenvalue weighted by Gasteiger charge is -2.37. The monoisotopic (exact) mass is 202 g/mol. The third-order valence-corrected chi connectivity index (χ3v) is 4.22. The third-order valence-electron chi connectivity index (χ3n) is 4.22. The maximum atomic E-state index is 9.48. The molecule has 2 aliphatic carbocycles. The molecule has 80 valence electrons. The summed E-state index contributed by atoms with van der Waals surface area (Å²) in [7, 11) is 0. The first-order valence-electron chi connectivity index (χ1n) is 6.16. The number of benzene rings is 1. The molecule has 1 saturated carbocycles. The van der Waals surface area contributed by atoms with Crippen molar-refractivity contribution in [3.8, 4) is 5.75 Å². The van der Waals surface area contributed by atoms with Crippen molar-refractivity contribution >= 4 is 0 Å². The van der Waals surface area contributed by atoms with Gasteiger partial charge in [0.15, 0.2) is 0 Å². The van der Waals surface area contributed by atoms with Crippen LogP contribution in [0.25, 0.3) is 0 Å². The van der Waals surface area contributed by atoms with E-state index in [0.29, 0.717) is 5.75 Å². The van der Waals surface area contributed by atoms with E-state index >= 15 is 0 Å². The first-order valence-corrected chi connectivity index (χ1v) is 6.16. The standard InChI is InChI=1S/C14H18O/c15-12-7-8-14-11(9-12)6-5-10-3-1-2-4-13(10)14/h7-10,13,15H,1-6H2/t10-,13+/m1/s1. The van der Waals surface area contributed by atoms with E-state index in [-0.39, 0.29) is 0 Å². The average molecular weight is 202 g/mol. The van der Waals surface area contributed by atoms with Gasteiger partial charge in [-0.15, -0.1) is 0 Å². The summed E-state index contributed by atoms with van der Waals surface area (Å²) in [4.78, 5) is 0. The zero-order valence-electron chi connectivity index (χ0n) is 9.08. The number of aryl methyl sites for hydroxylation is 1. The van der Waals surface area contributed by atoms with Gasteiger partial charge < -0.3 is 5.11 Å². The molecule has 0 spiro atoms. The summed E-state index contributed by atoms with van der Waals surface area (Å²) in [5.41, 5.74) is 2.93. The molecule has 0 aliphatic heterocycles. The Bertz CT molecular complexity index is 370. The summed E-state index contributed by atoms with van der Waals surface area (Å²) in [6.07, 6.45) is 8.11. The van der Waals surface area contributed by atoms with Crippen molar-refractivity contribution in [2.75, 3.05) is 0 Å². The van der Waals surface area contributed by atoms with E-state index < -0.39 is 0 Å². The van der Waals surface area contributed by atoms with Crippen molar-refractivity contribution in [3.63, 3.8) is 0 Å². The molecule has 1 aromatic rings. The smallest absolute Gasteiger partial charge is 0.115 e. The number of rotatable bonds is 0. The van der Waals surface area contributed by atoms with Gasteiger partial charge in [0.2, 0.25) is 0 Å². The third kappa shape index (κ3) is 1.54. The highest BCUT2D eigenvalue weighted by molar-refractivity contribution is 5.39. The van der Waals surface area contributed by atoms with E-state index in [1.54, 1.807) is 0 Å². The highest BCUT2D eigenvalue weighted by atomic mass is 16.3. The first-order chi connectivity index (χ1) is 7.34. The van der Waals surface area contributed by atoms with E-state index in [1.165, 1.54) is 49.7 Å². The average Bonchev–Trinajstić information content (AvgIpc) is 2.28. The van der Waals surface area contributed by atoms with Crippen LogP contribution in [0.5, 0.6) is 5.75 Å². The molecule has 1 aromatic carbocycles. The fraction of sp³-hybridized carbons (Fsp3) is 0.571. The van der Waals surface area contributed by atoms with Crippen LogP contribution in [0, 0.1) is 5.92 Å². The largest absolute Gasteiger partial charge is 0.508 e. The van der Waals surface area contributed by atoms with E-state index in [2.05, 4.69) is 6.07 Å². The molecular formula is C14H18O. The minimum absolute atomic E-state index is 0.433. The first kappa shape index (κ1) is 9.26. The van der Waals surface area contributed by atoms with E-state index in [4.69, 9.17) is 0 Å². The molecule has 0 heterocycles. The van der Waals surface area contributed by atoms with E-state index in [0.717, 1.165) is 11.8 Å². The van der Waals surface area contributed by atoms with Crippen molar-refractivity contribution in [2.24, 2.45) is 5.92 Å². The minimum Gasteiger partial charge on any atom is -0.508 e. The van der Waals surface area contributed by atoms with Gasteiger partial charge in [-0.05, 0) is 60.8 Å². The second kappa shape index (κ2) is 3.55. The summed E-state index contributed by atoms with van der Waals surface area (Å²) in [6.45, 7) is 0. The van der Waals surface area contributed by atoms with Crippen LogP contribution in [0.3, 0.4) is 0 Å². The van der Waals surface area contributed by atoms with Crippen LogP contribution in [-0.4, -0.2) is 5.11 Å². The molecule has 1 fully saturated rings. The molecular weight excluding hydrogens is 184 g/mol. The molecule has 3 rings (SSSR count). The summed E-state index contributed by atoms with van der Waals surface area (Å²) >= 11 is 0. The zero-order valence-corrected chi connectivity index (χ0v) is 9.08. The Morgan fingerprint density at radius 3 is 2.87 bits per heavy atom. The Hall–Kier alpha value is -0.980. The molecule has 15 heavy (non-hydrogen) atoms. The molecule has 0 bridgehead atoms. The predicted octanol–water partition coefficient (Wildman–Crippen LogP) is 3.61. The van der Waals surface area contributed by atoms with Gasteiger partial charge in [-0.1, -0.05) is 18.9 Å². The van der Waals surface area contributed by atoms with E-state index in [9.17, 15) is 5.11 Å². The molecule has 0 aromatic heterocycles. The molecule has 2 aliphatic rings. The Morgan fingerprint density at radius 1 is 1.07 bits per heavy atom. The maximum Gasteiger partial charge on any atom is 0.115 e. The molecule has 1 N–H and O–H groups in total. The van der Waals surface area contributed by atoms with Crippen molar-refractivity contribution in [3.05, 3.63) is 29.3 Å². The van der Waals surface area contributed by atoms with Crippen molar-refractivity contribution in [1.29, 1.82) is 0 Å². The van der Waals surface area contributed by atoms with Crippen molar-refractivity contribution in [1.82, 2.24) is 0 Å². The fourth-order valence-electron chi connectivity index (χ4n) is 3.47. The summed E-state index contributed by atoms with van der Waals surface area (Å²) in [6, 6.07) is 5.99. The zero-order chi connectivity index (χ0) is 10.3. The molecule has 0 saturated heterocycles. The van der Waals surface area contributed by atoms with Crippen LogP contribution in [0.15, 0.2) is 18.2 Å². The lowest BCUT2D eigenvalue weighted by atomic mass is 9.68. The van der Waals surface area contributed by atoms with Gasteiger partial charge in [0.1, 0.15) is 5.75 Å². The fourth-order valence-corrected chi connectivity index (χ4v) is 3.47. The quantitative estimate of drug-likeness (QED) is 0.681. The number of fused-ring (bicyclic) bond motifs is 3. The Kier molecular flexibility index (Phi) is 2.19. The predicted molar refractivity (Wildman–Crippen MR) is 61.1 cm³/mol. The van der Waals surface area contributed by atoms with Crippen LogP contribution < -0.4 is 0 Å². The SMILES string of the molecule is Oc1ccc2c(c1)CC[C@H]1CCCC[C@H]21. The highest BCUT2D eigenvalue weighted by Gasteiger charge is 2.31. The van der Waals surface area contributed by atoms with Crippen LogP contribution in [0.2, 0.25) is 0 Å². The normalized spacial score (nSPS) is 29.3. The Morgan fingerprint density at radius 2 is 1.93 bits per heavy atom. The molecule has 1 nitrogen and oxygen atoms in total. The molecule has 1 heteroatoms. The Balaban J connectivity index is 1.99. The van der Waals surface area contributed by atoms with Gasteiger partial charge in [-0.3, -0.25) is 0 Å². The summed E-state index contributed by atoms with van der Waals surface area (Å²) in [5.74, 6) is 2.15. The van der Waals surface area contributed by atoms with Crippen LogP contribution in [-0.2, 0) is 6.42 Å². The number of phenols is 1. The van der Waals surface area contributed by atoms with Gasteiger partial charge in [0, 0.05) is 0 Å². The van der Waals surface area contributed by atoms with Crippen LogP contribution >= 0.6 is 0 Å². The second-order valence-corrected chi connectivity index (χ2v) is 5.07. The van der Waals surface area contributed by atoms with Gasteiger partial charge in [-0.2, -0.15) is 0 Å². The van der Waals surface area contributed by atoms with Gasteiger partial charge >= 0.3 is 0 Å². The minimum atomic E-state index is 0.433. The van der Waals surface area contributed by atoms with Gasteiger partial charge in [0.25, 0.3) is 0 Å². The lowest BCUT2D eigenvalue weighted by molar-refractivity contribution is 0.275. The number of phenolic OH excluding ortho intramolecular Hbond substituents is 1. The highest BCUT2D eigenvalue weighted by Crippen LogP contribution is 2.45. The maximum absolute atomic E-state index is 9.48. The van der Waals surface area contributed by atoms with Gasteiger partial charge in [-0.25, -0.2) is 0 Å². The number of hydrogen-bond acceptors (Lipinski definition) is 1. The molecule has 2 atom stereocenters. The molecule has 0 unspecified atom stereocenters. The number of hydrogen-bond donors (Lipinski definition) is 1. The Labute approximate surface area is 91.1 Å². The van der Waals surface area contributed by atoms with Crippen LogP contribution in [0.4, 0.5) is 0 Å². The second-order valence-electron chi connectivity index (χ2n) is 5.07. The molecule has 0 amide bonds. The van der Waals surface area contributed by atoms with Crippen molar-refractivity contribution in [2.45, 2.75) is 44.4 Å². The molecule has 0 radical (unpaired) electrons.